The Morgan fingerprint density at radius 3 is 3.00 bits per heavy atom. The number of halogens is 1. The second-order valence-electron chi connectivity index (χ2n) is 2.36. The smallest absolute Gasteiger partial charge is 0.252 e. The molecule has 0 saturated heterocycles. The van der Waals surface area contributed by atoms with Crippen LogP contribution in [-0.2, 0) is 0 Å². The Morgan fingerprint density at radius 1 is 1.33 bits per heavy atom. The summed E-state index contributed by atoms with van der Waals surface area (Å²) >= 11 is 2.00. The van der Waals surface area contributed by atoms with E-state index in [0.717, 1.165) is 10.2 Å². The van der Waals surface area contributed by atoms with Gasteiger partial charge in [0.05, 0.1) is 0 Å². The van der Waals surface area contributed by atoms with E-state index in [1.807, 2.05) is 28.7 Å². The number of fused-ring (bicyclic) bond motifs is 1. The van der Waals surface area contributed by atoms with Gasteiger partial charge >= 0.3 is 0 Å². The van der Waals surface area contributed by atoms with Crippen LogP contribution in [0.1, 0.15) is 0 Å². The maximum Gasteiger partial charge on any atom is 0.252 e. The number of hydrogen-bond donors (Lipinski definition) is 0. The highest BCUT2D eigenvalue weighted by molar-refractivity contribution is 14.1. The van der Waals surface area contributed by atoms with Crippen molar-refractivity contribution in [2.24, 2.45) is 0 Å². The van der Waals surface area contributed by atoms with Gasteiger partial charge in [0.15, 0.2) is 0 Å². The molecular formula is C8H5IN2O. The summed E-state index contributed by atoms with van der Waals surface area (Å²) in [5, 5.41) is 11.4. The molecule has 12 heavy (non-hydrogen) atoms. The van der Waals surface area contributed by atoms with Crippen molar-refractivity contribution >= 4 is 33.6 Å². The fourth-order valence-corrected chi connectivity index (χ4v) is 1.48. The molecule has 60 valence electrons. The van der Waals surface area contributed by atoms with Gasteiger partial charge in [0, 0.05) is 40.9 Å². The molecule has 0 amide bonds. The molecule has 0 fully saturated rings. The quantitative estimate of drug-likeness (QED) is 0.315. The van der Waals surface area contributed by atoms with E-state index in [9.17, 15) is 5.21 Å². The number of rotatable bonds is 0. The van der Waals surface area contributed by atoms with Gasteiger partial charge in [0.2, 0.25) is 5.52 Å². The lowest BCUT2D eigenvalue weighted by atomic mass is 10.3. The summed E-state index contributed by atoms with van der Waals surface area (Å²) in [4.78, 5) is 4.06. The summed E-state index contributed by atoms with van der Waals surface area (Å²) in [6.45, 7) is 0. The van der Waals surface area contributed by atoms with Crippen molar-refractivity contribution in [2.75, 3.05) is 0 Å². The minimum atomic E-state index is 0.615. The summed E-state index contributed by atoms with van der Waals surface area (Å²) in [5.74, 6) is 0. The number of pyridine rings is 2. The van der Waals surface area contributed by atoms with Crippen LogP contribution in [-0.4, -0.2) is 4.98 Å². The van der Waals surface area contributed by atoms with Gasteiger partial charge in [0.25, 0.3) is 3.70 Å². The first-order chi connectivity index (χ1) is 5.79. The third-order valence-corrected chi connectivity index (χ3v) is 2.41. The fourth-order valence-electron chi connectivity index (χ4n) is 1.04. The average molecular weight is 272 g/mol. The molecule has 0 radical (unpaired) electrons. The highest BCUT2D eigenvalue weighted by atomic mass is 127. The van der Waals surface area contributed by atoms with Gasteiger partial charge in [-0.2, -0.15) is 4.73 Å². The van der Waals surface area contributed by atoms with E-state index in [4.69, 9.17) is 0 Å². The first-order valence-corrected chi connectivity index (χ1v) is 4.50. The predicted molar refractivity (Wildman–Crippen MR) is 53.4 cm³/mol. The second kappa shape index (κ2) is 2.85. The molecule has 2 aromatic rings. The van der Waals surface area contributed by atoms with Crippen molar-refractivity contribution in [1.82, 2.24) is 4.98 Å². The van der Waals surface area contributed by atoms with Crippen LogP contribution in [0.3, 0.4) is 0 Å². The average Bonchev–Trinajstić information content (AvgIpc) is 2.12. The van der Waals surface area contributed by atoms with Crippen molar-refractivity contribution in [1.29, 1.82) is 0 Å². The molecule has 0 aliphatic rings. The molecule has 3 nitrogen and oxygen atoms in total. The zero-order chi connectivity index (χ0) is 8.55. The fraction of sp³-hybridized carbons (Fsp3) is 0. The minimum absolute atomic E-state index is 0.615. The Kier molecular flexibility index (Phi) is 1.84. The van der Waals surface area contributed by atoms with E-state index in [0.29, 0.717) is 9.22 Å². The van der Waals surface area contributed by atoms with Gasteiger partial charge in [0.1, 0.15) is 5.52 Å². The van der Waals surface area contributed by atoms with Crippen LogP contribution in [0, 0.1) is 8.91 Å². The SMILES string of the molecule is [O-][n+]1c(I)ccc2ncccc21. The molecule has 0 atom stereocenters. The first kappa shape index (κ1) is 7.72. The van der Waals surface area contributed by atoms with Crippen LogP contribution < -0.4 is 4.73 Å². The molecule has 0 aliphatic carbocycles. The molecule has 2 aromatic heterocycles. The summed E-state index contributed by atoms with van der Waals surface area (Å²) in [5.41, 5.74) is 1.34. The second-order valence-corrected chi connectivity index (χ2v) is 3.46. The summed E-state index contributed by atoms with van der Waals surface area (Å²) in [6, 6.07) is 7.11. The van der Waals surface area contributed by atoms with Crippen LogP contribution in [0.2, 0.25) is 0 Å². The Labute approximate surface area is 82.8 Å². The maximum atomic E-state index is 11.4. The Hall–Kier alpha value is -0.910. The molecule has 0 aromatic carbocycles. The maximum absolute atomic E-state index is 11.4. The van der Waals surface area contributed by atoms with Crippen LogP contribution >= 0.6 is 22.6 Å². The van der Waals surface area contributed by atoms with E-state index in [1.165, 1.54) is 0 Å². The third kappa shape index (κ3) is 1.12. The van der Waals surface area contributed by atoms with Gasteiger partial charge < -0.3 is 5.21 Å². The normalized spacial score (nSPS) is 10.4. The van der Waals surface area contributed by atoms with Crippen LogP contribution in [0.5, 0.6) is 0 Å². The van der Waals surface area contributed by atoms with Gasteiger partial charge in [-0.1, -0.05) is 0 Å². The van der Waals surface area contributed by atoms with Crippen LogP contribution in [0.25, 0.3) is 11.0 Å². The number of nitrogens with zero attached hydrogens (tertiary/aromatic N) is 2. The van der Waals surface area contributed by atoms with E-state index in [-0.39, 0.29) is 0 Å². The van der Waals surface area contributed by atoms with E-state index >= 15 is 0 Å². The van der Waals surface area contributed by atoms with Crippen molar-refractivity contribution in [3.63, 3.8) is 0 Å². The molecule has 2 heterocycles. The van der Waals surface area contributed by atoms with Crippen molar-refractivity contribution in [3.8, 4) is 0 Å². The standard InChI is InChI=1S/C8H5IN2O/c9-8-4-3-6-7(11(8)12)2-1-5-10-6/h1-5H. The van der Waals surface area contributed by atoms with Gasteiger partial charge in [-0.3, -0.25) is 0 Å². The summed E-state index contributed by atoms with van der Waals surface area (Å²) in [6.07, 6.45) is 1.68. The lowest BCUT2D eigenvalue weighted by Crippen LogP contribution is -2.31. The molecule has 0 saturated carbocycles. The molecule has 0 spiro atoms. The highest BCUT2D eigenvalue weighted by Crippen LogP contribution is 2.07. The Bertz CT molecular complexity index is 430. The number of hydrogen-bond acceptors (Lipinski definition) is 2. The largest absolute Gasteiger partial charge is 0.617 e. The van der Waals surface area contributed by atoms with Crippen LogP contribution in [0.4, 0.5) is 0 Å². The molecule has 0 unspecified atom stereocenters. The third-order valence-electron chi connectivity index (χ3n) is 1.61. The van der Waals surface area contributed by atoms with Crippen molar-refractivity contribution < 1.29 is 4.73 Å². The molecule has 0 bridgehead atoms. The summed E-state index contributed by atoms with van der Waals surface area (Å²) < 4.78 is 1.54. The lowest BCUT2D eigenvalue weighted by molar-refractivity contribution is -0.591. The first-order valence-electron chi connectivity index (χ1n) is 3.42. The van der Waals surface area contributed by atoms with Gasteiger partial charge in [-0.15, -0.1) is 0 Å². The predicted octanol–water partition coefficient (Wildman–Crippen LogP) is 1.47. The van der Waals surface area contributed by atoms with E-state index in [1.54, 1.807) is 24.4 Å². The number of aromatic nitrogens is 2. The molecule has 2 rings (SSSR count). The zero-order valence-electron chi connectivity index (χ0n) is 6.07. The van der Waals surface area contributed by atoms with Crippen LogP contribution in [0.15, 0.2) is 30.5 Å². The lowest BCUT2D eigenvalue weighted by Gasteiger charge is -2.01. The van der Waals surface area contributed by atoms with Gasteiger partial charge in [-0.05, 0) is 12.1 Å². The highest BCUT2D eigenvalue weighted by Gasteiger charge is 2.06. The van der Waals surface area contributed by atoms with Crippen molar-refractivity contribution in [2.45, 2.75) is 0 Å². The van der Waals surface area contributed by atoms with E-state index < -0.39 is 0 Å². The topological polar surface area (TPSA) is 39.8 Å². The molecular weight excluding hydrogens is 267 g/mol. The zero-order valence-corrected chi connectivity index (χ0v) is 8.22. The minimum Gasteiger partial charge on any atom is -0.617 e. The van der Waals surface area contributed by atoms with Crippen molar-refractivity contribution in [3.05, 3.63) is 39.4 Å². The molecule has 4 heteroatoms. The van der Waals surface area contributed by atoms with E-state index in [2.05, 4.69) is 4.98 Å². The molecule has 0 N–H and O–H groups in total. The Morgan fingerprint density at radius 2 is 2.17 bits per heavy atom. The monoisotopic (exact) mass is 272 g/mol. The summed E-state index contributed by atoms with van der Waals surface area (Å²) in [7, 11) is 0. The molecule has 0 aliphatic heterocycles. The Balaban J connectivity index is 2.91. The van der Waals surface area contributed by atoms with Gasteiger partial charge in [-0.25, -0.2) is 4.98 Å².